The zero-order chi connectivity index (χ0) is 14.7. The van der Waals surface area contributed by atoms with Crippen molar-refractivity contribution in [1.29, 1.82) is 0 Å². The second-order valence-electron chi connectivity index (χ2n) is 6.28. The Morgan fingerprint density at radius 3 is 2.47 bits per heavy atom. The minimum Gasteiger partial charge on any atom is -0.363 e. The molecule has 0 atom stereocenters. The van der Waals surface area contributed by atoms with Crippen LogP contribution in [0.3, 0.4) is 0 Å². The van der Waals surface area contributed by atoms with Gasteiger partial charge in [-0.25, -0.2) is 13.1 Å². The fourth-order valence-corrected chi connectivity index (χ4v) is 2.69. The van der Waals surface area contributed by atoms with Gasteiger partial charge in [0.2, 0.25) is 10.0 Å². The molecule has 19 heavy (non-hydrogen) atoms. The van der Waals surface area contributed by atoms with Gasteiger partial charge >= 0.3 is 0 Å². The van der Waals surface area contributed by atoms with Crippen molar-refractivity contribution in [3.05, 3.63) is 18.0 Å². The molecule has 5 nitrogen and oxygen atoms in total. The summed E-state index contributed by atoms with van der Waals surface area (Å²) in [5.41, 5.74) is 0.788. The Balaban J connectivity index is 2.69. The Kier molecular flexibility index (Phi) is 5.18. The maximum Gasteiger partial charge on any atom is 0.242 e. The predicted molar refractivity (Wildman–Crippen MR) is 77.4 cm³/mol. The van der Waals surface area contributed by atoms with Gasteiger partial charge in [0.05, 0.1) is 4.90 Å². The van der Waals surface area contributed by atoms with Gasteiger partial charge in [0.1, 0.15) is 0 Å². The van der Waals surface area contributed by atoms with Crippen LogP contribution in [0.15, 0.2) is 17.2 Å². The average molecular weight is 287 g/mol. The molecule has 0 aliphatic heterocycles. The molecule has 1 aromatic heterocycles. The van der Waals surface area contributed by atoms with Crippen LogP contribution in [-0.2, 0) is 16.6 Å². The number of sulfonamides is 1. The Morgan fingerprint density at radius 2 is 1.95 bits per heavy atom. The van der Waals surface area contributed by atoms with Crippen molar-refractivity contribution in [2.75, 3.05) is 6.54 Å². The zero-order valence-electron chi connectivity index (χ0n) is 12.4. The van der Waals surface area contributed by atoms with E-state index in [1.165, 1.54) is 6.20 Å². The quantitative estimate of drug-likeness (QED) is 0.747. The standard InChI is InChI=1S/C13H25N3O2S/c1-10(2)14-7-11-6-12(8-15-11)19(17,18)16-9-13(3,4)5/h6,8,10,14-16H,7,9H2,1-5H3. The van der Waals surface area contributed by atoms with Gasteiger partial charge in [-0.05, 0) is 11.5 Å². The maximum atomic E-state index is 12.1. The monoisotopic (exact) mass is 287 g/mol. The molecular weight excluding hydrogens is 262 g/mol. The lowest BCUT2D eigenvalue weighted by Crippen LogP contribution is -2.32. The smallest absolute Gasteiger partial charge is 0.242 e. The first-order chi connectivity index (χ1) is 8.60. The van der Waals surface area contributed by atoms with E-state index in [-0.39, 0.29) is 10.3 Å². The largest absolute Gasteiger partial charge is 0.363 e. The zero-order valence-corrected chi connectivity index (χ0v) is 13.2. The SMILES string of the molecule is CC(C)NCc1cc(S(=O)(=O)NCC(C)(C)C)c[nH]1. The van der Waals surface area contributed by atoms with Gasteiger partial charge in [0, 0.05) is 31.0 Å². The van der Waals surface area contributed by atoms with E-state index in [0.717, 1.165) is 5.69 Å². The van der Waals surface area contributed by atoms with Crippen LogP contribution >= 0.6 is 0 Å². The summed E-state index contributed by atoms with van der Waals surface area (Å²) in [4.78, 5) is 3.27. The molecule has 110 valence electrons. The molecule has 1 heterocycles. The third-order valence-corrected chi connectivity index (χ3v) is 3.90. The van der Waals surface area contributed by atoms with Gasteiger partial charge in [0.25, 0.3) is 0 Å². The summed E-state index contributed by atoms with van der Waals surface area (Å²) in [5, 5.41) is 3.24. The van der Waals surface area contributed by atoms with E-state index >= 15 is 0 Å². The van der Waals surface area contributed by atoms with Gasteiger partial charge in [-0.15, -0.1) is 0 Å². The van der Waals surface area contributed by atoms with E-state index in [9.17, 15) is 8.42 Å². The summed E-state index contributed by atoms with van der Waals surface area (Å²) in [5.74, 6) is 0. The Morgan fingerprint density at radius 1 is 1.32 bits per heavy atom. The van der Waals surface area contributed by atoms with Crippen LogP contribution < -0.4 is 10.0 Å². The number of rotatable bonds is 6. The average Bonchev–Trinajstić information content (AvgIpc) is 2.72. The highest BCUT2D eigenvalue weighted by Crippen LogP contribution is 2.15. The summed E-state index contributed by atoms with van der Waals surface area (Å²) in [7, 11) is -3.42. The summed E-state index contributed by atoms with van der Waals surface area (Å²) in [6.07, 6.45) is 1.53. The lowest BCUT2D eigenvalue weighted by Gasteiger charge is -2.18. The highest BCUT2D eigenvalue weighted by Gasteiger charge is 2.19. The first-order valence-corrected chi connectivity index (χ1v) is 7.99. The van der Waals surface area contributed by atoms with E-state index in [1.807, 2.05) is 34.6 Å². The van der Waals surface area contributed by atoms with Crippen LogP contribution in [0.25, 0.3) is 0 Å². The fraction of sp³-hybridized carbons (Fsp3) is 0.692. The molecule has 0 aliphatic rings. The number of hydrogen-bond donors (Lipinski definition) is 3. The third kappa shape index (κ3) is 5.76. The number of H-pyrrole nitrogens is 1. The van der Waals surface area contributed by atoms with Crippen molar-refractivity contribution < 1.29 is 8.42 Å². The van der Waals surface area contributed by atoms with Crippen molar-refractivity contribution in [3.8, 4) is 0 Å². The molecule has 0 saturated carbocycles. The maximum absolute atomic E-state index is 12.1. The van der Waals surface area contributed by atoms with E-state index in [2.05, 4.69) is 15.0 Å². The first-order valence-electron chi connectivity index (χ1n) is 6.50. The summed E-state index contributed by atoms with van der Waals surface area (Å²) < 4.78 is 26.8. The Hall–Kier alpha value is -0.850. The highest BCUT2D eigenvalue weighted by atomic mass is 32.2. The topological polar surface area (TPSA) is 74.0 Å². The lowest BCUT2D eigenvalue weighted by atomic mass is 9.98. The molecule has 0 fully saturated rings. The number of aromatic nitrogens is 1. The van der Waals surface area contributed by atoms with Gasteiger partial charge in [0.15, 0.2) is 0 Å². The van der Waals surface area contributed by atoms with Crippen LogP contribution in [0.5, 0.6) is 0 Å². The molecule has 0 radical (unpaired) electrons. The minimum absolute atomic E-state index is 0.0780. The second kappa shape index (κ2) is 6.07. The molecular formula is C13H25N3O2S. The molecule has 0 aliphatic carbocycles. The molecule has 0 saturated heterocycles. The first kappa shape index (κ1) is 16.2. The second-order valence-corrected chi connectivity index (χ2v) is 8.05. The van der Waals surface area contributed by atoms with Gasteiger partial charge in [-0.2, -0.15) is 0 Å². The van der Waals surface area contributed by atoms with Gasteiger partial charge in [-0.3, -0.25) is 0 Å². The van der Waals surface area contributed by atoms with E-state index in [0.29, 0.717) is 19.1 Å². The summed E-state index contributed by atoms with van der Waals surface area (Å²) >= 11 is 0. The van der Waals surface area contributed by atoms with Gasteiger partial charge < -0.3 is 10.3 Å². The van der Waals surface area contributed by atoms with E-state index in [4.69, 9.17) is 0 Å². The van der Waals surface area contributed by atoms with Crippen LogP contribution in [0.4, 0.5) is 0 Å². The molecule has 0 bridgehead atoms. The third-order valence-electron chi connectivity index (χ3n) is 2.52. The summed E-state index contributed by atoms with van der Waals surface area (Å²) in [6, 6.07) is 2.03. The van der Waals surface area contributed by atoms with E-state index in [1.54, 1.807) is 6.07 Å². The van der Waals surface area contributed by atoms with Crippen molar-refractivity contribution in [2.24, 2.45) is 5.41 Å². The summed E-state index contributed by atoms with van der Waals surface area (Å²) in [6.45, 7) is 11.1. The van der Waals surface area contributed by atoms with Crippen LogP contribution in [0.1, 0.15) is 40.3 Å². The lowest BCUT2D eigenvalue weighted by molar-refractivity contribution is 0.407. The Bertz CT molecular complexity index is 498. The fourth-order valence-electron chi connectivity index (χ4n) is 1.39. The normalized spacial score (nSPS) is 13.2. The molecule has 0 aromatic carbocycles. The number of aromatic amines is 1. The molecule has 1 aromatic rings. The van der Waals surface area contributed by atoms with Crippen LogP contribution in [-0.4, -0.2) is 26.0 Å². The van der Waals surface area contributed by atoms with Crippen molar-refractivity contribution in [1.82, 2.24) is 15.0 Å². The van der Waals surface area contributed by atoms with Crippen LogP contribution in [0.2, 0.25) is 0 Å². The van der Waals surface area contributed by atoms with Crippen LogP contribution in [0, 0.1) is 5.41 Å². The van der Waals surface area contributed by atoms with Crippen molar-refractivity contribution >= 4 is 10.0 Å². The van der Waals surface area contributed by atoms with Crippen molar-refractivity contribution in [3.63, 3.8) is 0 Å². The number of hydrogen-bond acceptors (Lipinski definition) is 3. The molecule has 1 rings (SSSR count). The molecule has 3 N–H and O–H groups in total. The molecule has 0 amide bonds. The molecule has 0 spiro atoms. The highest BCUT2D eigenvalue weighted by molar-refractivity contribution is 7.89. The number of nitrogens with one attached hydrogen (secondary N) is 3. The minimum atomic E-state index is -3.42. The predicted octanol–water partition coefficient (Wildman–Crippen LogP) is 1.84. The molecule has 6 heteroatoms. The molecule has 0 unspecified atom stereocenters. The van der Waals surface area contributed by atoms with Crippen molar-refractivity contribution in [2.45, 2.75) is 52.1 Å². The Labute approximate surface area is 116 Å². The van der Waals surface area contributed by atoms with E-state index < -0.39 is 10.0 Å². The van der Waals surface area contributed by atoms with Gasteiger partial charge in [-0.1, -0.05) is 34.6 Å².